The zero-order valence-electron chi connectivity index (χ0n) is 10.6. The minimum atomic E-state index is -0.423. The second kappa shape index (κ2) is 5.13. The van der Waals surface area contributed by atoms with Gasteiger partial charge in [0.1, 0.15) is 6.10 Å². The molecular formula is C15H12N2O3. The van der Waals surface area contributed by atoms with E-state index in [0.29, 0.717) is 12.4 Å². The number of aliphatic imine (C=N–C) groups is 1. The van der Waals surface area contributed by atoms with E-state index in [2.05, 4.69) is 4.99 Å². The summed E-state index contributed by atoms with van der Waals surface area (Å²) in [6.07, 6.45) is -0.0820. The molecule has 0 radical (unpaired) electrons. The van der Waals surface area contributed by atoms with Crippen LogP contribution in [0.1, 0.15) is 17.2 Å². The smallest absolute Gasteiger partial charge is 0.269 e. The number of nitro groups is 1. The normalized spacial score (nSPS) is 17.4. The first-order chi connectivity index (χ1) is 9.74. The Kier molecular flexibility index (Phi) is 3.16. The molecule has 2 aromatic carbocycles. The molecule has 1 unspecified atom stereocenters. The van der Waals surface area contributed by atoms with Gasteiger partial charge in [-0.1, -0.05) is 30.3 Å². The average Bonchev–Trinajstić information content (AvgIpc) is 2.98. The maximum Gasteiger partial charge on any atom is 0.269 e. The van der Waals surface area contributed by atoms with E-state index in [0.717, 1.165) is 11.1 Å². The Morgan fingerprint density at radius 3 is 2.45 bits per heavy atom. The second-order valence-corrected chi connectivity index (χ2v) is 4.47. The molecular weight excluding hydrogens is 256 g/mol. The van der Waals surface area contributed by atoms with Gasteiger partial charge in [0, 0.05) is 17.7 Å². The molecule has 1 aliphatic rings. The van der Waals surface area contributed by atoms with E-state index in [-0.39, 0.29) is 11.8 Å². The van der Waals surface area contributed by atoms with Crippen LogP contribution in [0.15, 0.2) is 59.6 Å². The van der Waals surface area contributed by atoms with Crippen molar-refractivity contribution in [3.05, 3.63) is 75.8 Å². The molecule has 1 aliphatic heterocycles. The second-order valence-electron chi connectivity index (χ2n) is 4.47. The van der Waals surface area contributed by atoms with Crippen LogP contribution in [-0.4, -0.2) is 17.4 Å². The Labute approximate surface area is 115 Å². The van der Waals surface area contributed by atoms with E-state index in [1.807, 2.05) is 30.3 Å². The Morgan fingerprint density at radius 1 is 1.10 bits per heavy atom. The van der Waals surface area contributed by atoms with Crippen molar-refractivity contribution < 1.29 is 9.66 Å². The Balaban J connectivity index is 1.75. The van der Waals surface area contributed by atoms with Gasteiger partial charge in [-0.25, -0.2) is 4.99 Å². The predicted molar refractivity (Wildman–Crippen MR) is 74.8 cm³/mol. The Bertz CT molecular complexity index is 651. The van der Waals surface area contributed by atoms with Gasteiger partial charge in [-0.3, -0.25) is 10.1 Å². The van der Waals surface area contributed by atoms with Crippen LogP contribution in [0.5, 0.6) is 0 Å². The lowest BCUT2D eigenvalue weighted by atomic mass is 10.1. The van der Waals surface area contributed by atoms with Crippen LogP contribution in [0.4, 0.5) is 5.69 Å². The molecule has 100 valence electrons. The van der Waals surface area contributed by atoms with Gasteiger partial charge in [-0.2, -0.15) is 0 Å². The van der Waals surface area contributed by atoms with E-state index in [1.165, 1.54) is 12.1 Å². The van der Waals surface area contributed by atoms with Crippen molar-refractivity contribution in [2.24, 2.45) is 4.99 Å². The molecule has 2 aromatic rings. The third kappa shape index (κ3) is 2.38. The van der Waals surface area contributed by atoms with Crippen molar-refractivity contribution in [2.45, 2.75) is 6.10 Å². The van der Waals surface area contributed by atoms with Crippen LogP contribution < -0.4 is 0 Å². The van der Waals surface area contributed by atoms with Crippen LogP contribution in [0.25, 0.3) is 0 Å². The van der Waals surface area contributed by atoms with Gasteiger partial charge in [-0.15, -0.1) is 0 Å². The first-order valence-electron chi connectivity index (χ1n) is 6.25. The minimum Gasteiger partial charge on any atom is -0.467 e. The summed E-state index contributed by atoms with van der Waals surface area (Å²) in [6, 6.07) is 16.1. The van der Waals surface area contributed by atoms with Gasteiger partial charge in [-0.05, 0) is 17.7 Å². The number of nitrogens with zero attached hydrogens (tertiary/aromatic N) is 2. The zero-order chi connectivity index (χ0) is 13.9. The van der Waals surface area contributed by atoms with Crippen LogP contribution >= 0.6 is 0 Å². The van der Waals surface area contributed by atoms with Gasteiger partial charge in [0.25, 0.3) is 5.69 Å². The highest BCUT2D eigenvalue weighted by molar-refractivity contribution is 5.95. The lowest BCUT2D eigenvalue weighted by Gasteiger charge is -2.11. The molecule has 5 nitrogen and oxygen atoms in total. The van der Waals surface area contributed by atoms with Crippen LogP contribution in [-0.2, 0) is 4.74 Å². The van der Waals surface area contributed by atoms with E-state index >= 15 is 0 Å². The summed E-state index contributed by atoms with van der Waals surface area (Å²) in [5, 5.41) is 10.6. The highest BCUT2D eigenvalue weighted by Gasteiger charge is 2.22. The van der Waals surface area contributed by atoms with Crippen molar-refractivity contribution in [1.82, 2.24) is 0 Å². The largest absolute Gasteiger partial charge is 0.467 e. The van der Waals surface area contributed by atoms with Crippen molar-refractivity contribution >= 4 is 11.6 Å². The van der Waals surface area contributed by atoms with Crippen LogP contribution in [0, 0.1) is 10.1 Å². The minimum absolute atomic E-state index is 0.0620. The quantitative estimate of drug-likeness (QED) is 0.634. The van der Waals surface area contributed by atoms with E-state index in [4.69, 9.17) is 4.74 Å². The number of non-ortho nitro benzene ring substituents is 1. The topological polar surface area (TPSA) is 64.7 Å². The molecule has 0 saturated carbocycles. The number of hydrogen-bond acceptors (Lipinski definition) is 4. The maximum absolute atomic E-state index is 10.6. The van der Waals surface area contributed by atoms with Gasteiger partial charge in [0.15, 0.2) is 0 Å². The lowest BCUT2D eigenvalue weighted by molar-refractivity contribution is -0.384. The highest BCUT2D eigenvalue weighted by Crippen LogP contribution is 2.25. The zero-order valence-corrected chi connectivity index (χ0v) is 10.6. The fourth-order valence-corrected chi connectivity index (χ4v) is 2.10. The summed E-state index contributed by atoms with van der Waals surface area (Å²) in [5.74, 6) is 0.536. The first kappa shape index (κ1) is 12.3. The summed E-state index contributed by atoms with van der Waals surface area (Å²) >= 11 is 0. The molecule has 20 heavy (non-hydrogen) atoms. The predicted octanol–water partition coefficient (Wildman–Crippen LogP) is 3.11. The van der Waals surface area contributed by atoms with Crippen LogP contribution in [0.3, 0.4) is 0 Å². The summed E-state index contributed by atoms with van der Waals surface area (Å²) in [7, 11) is 0. The fourth-order valence-electron chi connectivity index (χ4n) is 2.10. The number of hydrogen-bond donors (Lipinski definition) is 0. The molecule has 0 spiro atoms. The molecule has 3 rings (SSSR count). The average molecular weight is 268 g/mol. The Hall–Kier alpha value is -2.69. The lowest BCUT2D eigenvalue weighted by Crippen LogP contribution is -2.06. The number of rotatable bonds is 3. The standard InChI is InChI=1S/C15H12N2O3/c18-17(19)13-8-6-12(7-9-13)15-16-10-14(20-15)11-4-2-1-3-5-11/h1-9,14H,10H2. The highest BCUT2D eigenvalue weighted by atomic mass is 16.6. The third-order valence-corrected chi connectivity index (χ3v) is 3.15. The first-order valence-corrected chi connectivity index (χ1v) is 6.25. The van der Waals surface area contributed by atoms with Gasteiger partial charge >= 0.3 is 0 Å². The summed E-state index contributed by atoms with van der Waals surface area (Å²) in [6.45, 7) is 0.566. The van der Waals surface area contributed by atoms with Crippen molar-refractivity contribution in [3.63, 3.8) is 0 Å². The van der Waals surface area contributed by atoms with E-state index in [9.17, 15) is 10.1 Å². The van der Waals surface area contributed by atoms with Gasteiger partial charge in [0.05, 0.1) is 11.5 Å². The van der Waals surface area contributed by atoms with Crippen LogP contribution in [0.2, 0.25) is 0 Å². The summed E-state index contributed by atoms with van der Waals surface area (Å²) in [5.41, 5.74) is 1.90. The fraction of sp³-hybridized carbons (Fsp3) is 0.133. The molecule has 1 atom stereocenters. The van der Waals surface area contributed by atoms with Gasteiger partial charge in [0.2, 0.25) is 5.90 Å². The van der Waals surface area contributed by atoms with Gasteiger partial charge < -0.3 is 4.74 Å². The van der Waals surface area contributed by atoms with Crippen molar-refractivity contribution in [2.75, 3.05) is 6.54 Å². The molecule has 1 heterocycles. The molecule has 0 bridgehead atoms. The monoisotopic (exact) mass is 268 g/mol. The maximum atomic E-state index is 10.6. The van der Waals surface area contributed by atoms with E-state index in [1.54, 1.807) is 12.1 Å². The molecule has 0 fully saturated rings. The molecule has 0 amide bonds. The molecule has 0 saturated heterocycles. The number of nitro benzene ring substituents is 1. The Morgan fingerprint density at radius 2 is 1.80 bits per heavy atom. The molecule has 5 heteroatoms. The third-order valence-electron chi connectivity index (χ3n) is 3.15. The molecule has 0 aromatic heterocycles. The summed E-state index contributed by atoms with van der Waals surface area (Å²) in [4.78, 5) is 14.6. The van der Waals surface area contributed by atoms with Crippen molar-refractivity contribution in [3.8, 4) is 0 Å². The SMILES string of the molecule is O=[N+]([O-])c1ccc(C2=NCC(c3ccccc3)O2)cc1. The van der Waals surface area contributed by atoms with E-state index < -0.39 is 4.92 Å². The number of ether oxygens (including phenoxy) is 1. The molecule has 0 N–H and O–H groups in total. The number of benzene rings is 2. The van der Waals surface area contributed by atoms with Crippen molar-refractivity contribution in [1.29, 1.82) is 0 Å². The summed E-state index contributed by atoms with van der Waals surface area (Å²) < 4.78 is 5.81. The molecule has 0 aliphatic carbocycles.